The van der Waals surface area contributed by atoms with Gasteiger partial charge in [-0.1, -0.05) is 19.1 Å². The summed E-state index contributed by atoms with van der Waals surface area (Å²) in [6.45, 7) is 5.52. The molecule has 0 bridgehead atoms. The molecule has 0 N–H and O–H groups in total. The van der Waals surface area contributed by atoms with Gasteiger partial charge in [-0.05, 0) is 53.8 Å². The highest BCUT2D eigenvalue weighted by Crippen LogP contribution is 2.22. The second-order valence-corrected chi connectivity index (χ2v) is 6.52. The summed E-state index contributed by atoms with van der Waals surface area (Å²) in [6, 6.07) is 5.72. The monoisotopic (exact) mass is 331 g/mol. The van der Waals surface area contributed by atoms with Crippen molar-refractivity contribution in [2.75, 3.05) is 13.1 Å². The highest BCUT2D eigenvalue weighted by molar-refractivity contribution is 5.80. The van der Waals surface area contributed by atoms with Crippen molar-refractivity contribution in [3.63, 3.8) is 0 Å². The lowest BCUT2D eigenvalue weighted by Gasteiger charge is -2.33. The van der Waals surface area contributed by atoms with E-state index < -0.39 is 6.04 Å². The largest absolute Gasteiger partial charge is 0.341 e. The van der Waals surface area contributed by atoms with Crippen LogP contribution in [0.5, 0.6) is 0 Å². The Labute approximate surface area is 140 Å². The lowest BCUT2D eigenvalue weighted by molar-refractivity contribution is -0.136. The van der Waals surface area contributed by atoms with Gasteiger partial charge >= 0.3 is 0 Å². The van der Waals surface area contributed by atoms with Gasteiger partial charge in [-0.15, -0.1) is 5.10 Å². The summed E-state index contributed by atoms with van der Waals surface area (Å²) in [4.78, 5) is 15.0. The van der Waals surface area contributed by atoms with E-state index in [1.807, 2.05) is 4.90 Å². The highest BCUT2D eigenvalue weighted by Gasteiger charge is 2.30. The summed E-state index contributed by atoms with van der Waals surface area (Å²) >= 11 is 0. The number of aryl methyl sites for hydroxylation is 1. The molecule has 128 valence electrons. The molecule has 0 spiro atoms. The molecule has 1 aromatic carbocycles. The lowest BCUT2D eigenvalue weighted by atomic mass is 9.97. The van der Waals surface area contributed by atoms with Crippen LogP contribution in [0, 0.1) is 18.7 Å². The summed E-state index contributed by atoms with van der Waals surface area (Å²) in [5.41, 5.74) is 0.884. The van der Waals surface area contributed by atoms with E-state index in [1.54, 1.807) is 23.7 Å². The van der Waals surface area contributed by atoms with Crippen LogP contribution in [-0.4, -0.2) is 44.1 Å². The first-order valence-corrected chi connectivity index (χ1v) is 8.32. The topological polar surface area (TPSA) is 63.9 Å². The fourth-order valence-electron chi connectivity index (χ4n) is 3.09. The second kappa shape index (κ2) is 7.07. The van der Waals surface area contributed by atoms with Gasteiger partial charge in [0.15, 0.2) is 0 Å². The molecular weight excluding hydrogens is 309 g/mol. The Morgan fingerprint density at radius 3 is 2.54 bits per heavy atom. The molecule has 1 aromatic heterocycles. The Morgan fingerprint density at radius 2 is 1.96 bits per heavy atom. The van der Waals surface area contributed by atoms with Crippen LogP contribution in [0.25, 0.3) is 0 Å². The molecule has 1 aliphatic rings. The van der Waals surface area contributed by atoms with Crippen molar-refractivity contribution in [2.45, 2.75) is 39.2 Å². The first-order chi connectivity index (χ1) is 11.5. The molecule has 1 fully saturated rings. The van der Waals surface area contributed by atoms with E-state index in [-0.39, 0.29) is 11.7 Å². The van der Waals surface area contributed by atoms with Gasteiger partial charge in [0.05, 0.1) is 0 Å². The number of benzene rings is 1. The normalized spacial score (nSPS) is 17.0. The van der Waals surface area contributed by atoms with Crippen molar-refractivity contribution in [3.05, 3.63) is 41.5 Å². The maximum Gasteiger partial charge on any atom is 0.247 e. The number of amides is 1. The SMILES string of the molecule is Cc1nnnn1[C@H](Cc1ccc(F)cc1)C(=O)N1CCC(C)CC1. The molecule has 2 aromatic rings. The van der Waals surface area contributed by atoms with E-state index in [4.69, 9.17) is 0 Å². The van der Waals surface area contributed by atoms with Crippen molar-refractivity contribution < 1.29 is 9.18 Å². The van der Waals surface area contributed by atoms with Gasteiger partial charge in [0.1, 0.15) is 17.7 Å². The van der Waals surface area contributed by atoms with Crippen LogP contribution in [-0.2, 0) is 11.2 Å². The van der Waals surface area contributed by atoms with Crippen LogP contribution in [0.2, 0.25) is 0 Å². The van der Waals surface area contributed by atoms with Crippen LogP contribution < -0.4 is 0 Å². The minimum absolute atomic E-state index is 0.0293. The summed E-state index contributed by atoms with van der Waals surface area (Å²) < 4.78 is 14.7. The van der Waals surface area contributed by atoms with Gasteiger partial charge in [-0.25, -0.2) is 9.07 Å². The highest BCUT2D eigenvalue weighted by atomic mass is 19.1. The van der Waals surface area contributed by atoms with Crippen LogP contribution in [0.1, 0.15) is 37.2 Å². The Hall–Kier alpha value is -2.31. The molecule has 0 saturated carbocycles. The van der Waals surface area contributed by atoms with Crippen LogP contribution in [0.4, 0.5) is 4.39 Å². The maximum atomic E-state index is 13.1. The number of likely N-dealkylation sites (tertiary alicyclic amines) is 1. The van der Waals surface area contributed by atoms with E-state index in [2.05, 4.69) is 22.4 Å². The first-order valence-electron chi connectivity index (χ1n) is 8.32. The predicted molar refractivity (Wildman–Crippen MR) is 86.7 cm³/mol. The number of halogens is 1. The number of rotatable bonds is 4. The Balaban J connectivity index is 1.83. The molecule has 2 heterocycles. The zero-order valence-electron chi connectivity index (χ0n) is 14.0. The molecule has 6 nitrogen and oxygen atoms in total. The number of hydrogen-bond acceptors (Lipinski definition) is 4. The Morgan fingerprint density at radius 1 is 1.29 bits per heavy atom. The number of hydrogen-bond donors (Lipinski definition) is 0. The molecule has 1 amide bonds. The lowest BCUT2D eigenvalue weighted by Crippen LogP contribution is -2.43. The van der Waals surface area contributed by atoms with Gasteiger partial charge in [0, 0.05) is 19.5 Å². The van der Waals surface area contributed by atoms with Gasteiger partial charge in [-0.3, -0.25) is 4.79 Å². The fourth-order valence-corrected chi connectivity index (χ4v) is 3.09. The molecular formula is C17H22FN5O. The maximum absolute atomic E-state index is 13.1. The van der Waals surface area contributed by atoms with Crippen molar-refractivity contribution >= 4 is 5.91 Å². The van der Waals surface area contributed by atoms with Gasteiger partial charge in [0.2, 0.25) is 5.91 Å². The van der Waals surface area contributed by atoms with E-state index in [9.17, 15) is 9.18 Å². The van der Waals surface area contributed by atoms with Crippen molar-refractivity contribution in [1.82, 2.24) is 25.1 Å². The molecule has 3 rings (SSSR count). The molecule has 0 aliphatic carbocycles. The molecule has 0 radical (unpaired) electrons. The fraction of sp³-hybridized carbons (Fsp3) is 0.529. The Bertz CT molecular complexity index is 691. The summed E-state index contributed by atoms with van der Waals surface area (Å²) in [5.74, 6) is 0.993. The number of aromatic nitrogens is 4. The minimum atomic E-state index is -0.501. The van der Waals surface area contributed by atoms with E-state index in [1.165, 1.54) is 12.1 Å². The number of carbonyl (C=O) groups is 1. The zero-order chi connectivity index (χ0) is 17.1. The van der Waals surface area contributed by atoms with E-state index in [0.717, 1.165) is 31.5 Å². The number of nitrogens with zero attached hydrogens (tertiary/aromatic N) is 5. The van der Waals surface area contributed by atoms with Crippen LogP contribution >= 0.6 is 0 Å². The van der Waals surface area contributed by atoms with Gasteiger partial charge in [-0.2, -0.15) is 0 Å². The molecule has 1 aliphatic heterocycles. The quantitative estimate of drug-likeness (QED) is 0.861. The van der Waals surface area contributed by atoms with Crippen molar-refractivity contribution in [3.8, 4) is 0 Å². The molecule has 0 unspecified atom stereocenters. The Kier molecular flexibility index (Phi) is 4.87. The standard InChI is InChI=1S/C17H22FN5O/c1-12-7-9-22(10-8-12)17(24)16(23-13(2)19-20-21-23)11-14-3-5-15(18)6-4-14/h3-6,12,16H,7-11H2,1-2H3/t16-/m1/s1. The van der Waals surface area contributed by atoms with E-state index in [0.29, 0.717) is 18.2 Å². The third-order valence-electron chi connectivity index (χ3n) is 4.68. The van der Waals surface area contributed by atoms with Crippen LogP contribution in [0.15, 0.2) is 24.3 Å². The first kappa shape index (κ1) is 16.5. The summed E-state index contributed by atoms with van der Waals surface area (Å²) in [7, 11) is 0. The zero-order valence-corrected chi connectivity index (χ0v) is 14.0. The van der Waals surface area contributed by atoms with Crippen LogP contribution in [0.3, 0.4) is 0 Å². The third kappa shape index (κ3) is 3.60. The summed E-state index contributed by atoms with van der Waals surface area (Å²) in [6.07, 6.45) is 2.48. The van der Waals surface area contributed by atoms with Gasteiger partial charge in [0.25, 0.3) is 0 Å². The molecule has 24 heavy (non-hydrogen) atoms. The molecule has 1 atom stereocenters. The van der Waals surface area contributed by atoms with Gasteiger partial charge < -0.3 is 4.90 Å². The van der Waals surface area contributed by atoms with Crippen molar-refractivity contribution in [2.24, 2.45) is 5.92 Å². The average Bonchev–Trinajstić information content (AvgIpc) is 3.00. The smallest absolute Gasteiger partial charge is 0.247 e. The third-order valence-corrected chi connectivity index (χ3v) is 4.68. The minimum Gasteiger partial charge on any atom is -0.341 e. The number of piperidine rings is 1. The predicted octanol–water partition coefficient (Wildman–Crippen LogP) is 2.16. The van der Waals surface area contributed by atoms with Crippen molar-refractivity contribution in [1.29, 1.82) is 0 Å². The molecule has 1 saturated heterocycles. The number of carbonyl (C=O) groups excluding carboxylic acids is 1. The molecule has 7 heteroatoms. The summed E-state index contributed by atoms with van der Waals surface area (Å²) in [5, 5.41) is 11.6. The average molecular weight is 331 g/mol. The number of tetrazole rings is 1. The second-order valence-electron chi connectivity index (χ2n) is 6.52. The van der Waals surface area contributed by atoms with E-state index >= 15 is 0 Å².